The van der Waals surface area contributed by atoms with Crippen molar-refractivity contribution >= 4 is 5.91 Å². The van der Waals surface area contributed by atoms with Crippen molar-refractivity contribution < 1.29 is 4.79 Å². The van der Waals surface area contributed by atoms with Crippen molar-refractivity contribution in [2.45, 2.75) is 77.0 Å². The highest BCUT2D eigenvalue weighted by Gasteiger charge is 2.44. The summed E-state index contributed by atoms with van der Waals surface area (Å²) < 4.78 is 0. The van der Waals surface area contributed by atoms with Crippen molar-refractivity contribution in [2.75, 3.05) is 13.1 Å². The number of amides is 1. The first-order chi connectivity index (χ1) is 9.17. The van der Waals surface area contributed by atoms with Gasteiger partial charge in [0.25, 0.3) is 0 Å². The number of hydrogen-bond acceptors (Lipinski definition) is 3. The molecule has 2 heterocycles. The van der Waals surface area contributed by atoms with Crippen LogP contribution in [-0.2, 0) is 4.79 Å². The molecule has 19 heavy (non-hydrogen) atoms. The van der Waals surface area contributed by atoms with Crippen LogP contribution in [-0.4, -0.2) is 48.1 Å². The second-order valence-corrected chi connectivity index (χ2v) is 6.03. The van der Waals surface area contributed by atoms with Gasteiger partial charge in [0.05, 0.1) is 6.04 Å². The van der Waals surface area contributed by atoms with E-state index < -0.39 is 0 Å². The Balaban J connectivity index is 1.93. The van der Waals surface area contributed by atoms with Crippen LogP contribution in [0.2, 0.25) is 0 Å². The van der Waals surface area contributed by atoms with Crippen LogP contribution in [0, 0.1) is 0 Å². The Morgan fingerprint density at radius 2 is 1.89 bits per heavy atom. The molecule has 2 N–H and O–H groups in total. The fourth-order valence-electron chi connectivity index (χ4n) is 3.82. The number of nitrogens with one attached hydrogen (secondary N) is 2. The highest BCUT2D eigenvalue weighted by molar-refractivity contribution is 5.81. The first kappa shape index (κ1) is 14.8. The Hall–Kier alpha value is -0.610. The number of nitrogens with zero attached hydrogens (tertiary/aromatic N) is 1. The summed E-state index contributed by atoms with van der Waals surface area (Å²) in [6.45, 7) is 8.12. The quantitative estimate of drug-likeness (QED) is 0.766. The minimum absolute atomic E-state index is 0.0320. The molecule has 0 aromatic heterocycles. The van der Waals surface area contributed by atoms with E-state index in [9.17, 15) is 4.79 Å². The highest BCUT2D eigenvalue weighted by atomic mass is 16.2. The van der Waals surface area contributed by atoms with Gasteiger partial charge in [-0.05, 0) is 52.5 Å². The van der Waals surface area contributed by atoms with Crippen LogP contribution in [0.5, 0.6) is 0 Å². The monoisotopic (exact) mass is 267 g/mol. The summed E-state index contributed by atoms with van der Waals surface area (Å²) in [4.78, 5) is 14.5. The maximum absolute atomic E-state index is 12.0. The van der Waals surface area contributed by atoms with Gasteiger partial charge in [0, 0.05) is 24.7 Å². The molecule has 0 radical (unpaired) electrons. The number of rotatable bonds is 6. The summed E-state index contributed by atoms with van der Waals surface area (Å²) in [5.41, 5.74) is 0. The van der Waals surface area contributed by atoms with Gasteiger partial charge in [0.15, 0.2) is 0 Å². The molecule has 2 fully saturated rings. The first-order valence-electron chi connectivity index (χ1n) is 7.95. The lowest BCUT2D eigenvalue weighted by atomic mass is 9.95. The molecule has 0 aromatic carbocycles. The van der Waals surface area contributed by atoms with Crippen LogP contribution in [0.4, 0.5) is 0 Å². The van der Waals surface area contributed by atoms with E-state index in [1.54, 1.807) is 0 Å². The van der Waals surface area contributed by atoms with Gasteiger partial charge < -0.3 is 10.6 Å². The third-order valence-electron chi connectivity index (χ3n) is 4.65. The third kappa shape index (κ3) is 3.29. The molecule has 0 saturated carbocycles. The normalized spacial score (nSPS) is 32.3. The van der Waals surface area contributed by atoms with E-state index in [0.717, 1.165) is 13.1 Å². The summed E-state index contributed by atoms with van der Waals surface area (Å²) >= 11 is 0. The molecule has 2 aliphatic rings. The van der Waals surface area contributed by atoms with E-state index in [4.69, 9.17) is 0 Å². The predicted octanol–water partition coefficient (Wildman–Crippen LogP) is 1.51. The molecule has 2 saturated heterocycles. The van der Waals surface area contributed by atoms with Crippen LogP contribution in [0.25, 0.3) is 0 Å². The van der Waals surface area contributed by atoms with Crippen molar-refractivity contribution in [1.29, 1.82) is 0 Å². The average Bonchev–Trinajstić information content (AvgIpc) is 2.66. The fraction of sp³-hybridized carbons (Fsp3) is 0.933. The SMILES string of the molecule is CCCNC1CC2CCC(C1)N2C(C)C(=O)NCC. The van der Waals surface area contributed by atoms with Crippen LogP contribution in [0.3, 0.4) is 0 Å². The average molecular weight is 267 g/mol. The van der Waals surface area contributed by atoms with Crippen LogP contribution >= 0.6 is 0 Å². The van der Waals surface area contributed by atoms with Crippen molar-refractivity contribution in [2.24, 2.45) is 0 Å². The predicted molar refractivity (Wildman–Crippen MR) is 78.1 cm³/mol. The molecule has 110 valence electrons. The Labute approximate surface area is 117 Å². The molecule has 0 aliphatic carbocycles. The standard InChI is InChI=1S/C15H29N3O/c1-4-8-17-12-9-13-6-7-14(10-12)18(13)11(3)15(19)16-5-2/h11-14,17H,4-10H2,1-3H3,(H,16,19). The molecule has 2 bridgehead atoms. The second-order valence-electron chi connectivity index (χ2n) is 6.03. The molecule has 3 atom stereocenters. The number of carbonyl (C=O) groups is 1. The van der Waals surface area contributed by atoms with Crippen molar-refractivity contribution in [1.82, 2.24) is 15.5 Å². The number of carbonyl (C=O) groups excluding carboxylic acids is 1. The molecular formula is C15H29N3O. The summed E-state index contributed by atoms with van der Waals surface area (Å²) in [5.74, 6) is 0.194. The van der Waals surface area contributed by atoms with E-state index in [0.29, 0.717) is 18.1 Å². The lowest BCUT2D eigenvalue weighted by molar-refractivity contribution is -0.127. The highest BCUT2D eigenvalue weighted by Crippen LogP contribution is 2.37. The Morgan fingerprint density at radius 3 is 2.42 bits per heavy atom. The summed E-state index contributed by atoms with van der Waals surface area (Å²) in [5, 5.41) is 6.62. The Morgan fingerprint density at radius 1 is 1.26 bits per heavy atom. The number of fused-ring (bicyclic) bond motifs is 2. The van der Waals surface area contributed by atoms with Crippen LogP contribution in [0.1, 0.15) is 52.9 Å². The smallest absolute Gasteiger partial charge is 0.237 e. The maximum atomic E-state index is 12.0. The van der Waals surface area contributed by atoms with E-state index in [-0.39, 0.29) is 11.9 Å². The van der Waals surface area contributed by atoms with Gasteiger partial charge >= 0.3 is 0 Å². The topological polar surface area (TPSA) is 44.4 Å². The molecule has 4 nitrogen and oxygen atoms in total. The molecule has 0 spiro atoms. The summed E-state index contributed by atoms with van der Waals surface area (Å²) in [6, 6.07) is 1.90. The van der Waals surface area contributed by atoms with E-state index >= 15 is 0 Å². The van der Waals surface area contributed by atoms with Crippen molar-refractivity contribution in [3.05, 3.63) is 0 Å². The van der Waals surface area contributed by atoms with Gasteiger partial charge in [0.1, 0.15) is 0 Å². The van der Waals surface area contributed by atoms with Gasteiger partial charge in [0.2, 0.25) is 5.91 Å². The van der Waals surface area contributed by atoms with Gasteiger partial charge in [-0.15, -0.1) is 0 Å². The van der Waals surface area contributed by atoms with Gasteiger partial charge in [-0.25, -0.2) is 0 Å². The van der Waals surface area contributed by atoms with E-state index in [2.05, 4.69) is 29.4 Å². The minimum Gasteiger partial charge on any atom is -0.355 e. The fourth-order valence-corrected chi connectivity index (χ4v) is 3.82. The van der Waals surface area contributed by atoms with Crippen LogP contribution in [0.15, 0.2) is 0 Å². The van der Waals surface area contributed by atoms with Crippen molar-refractivity contribution in [3.8, 4) is 0 Å². The van der Waals surface area contributed by atoms with E-state index in [1.807, 2.05) is 6.92 Å². The molecule has 3 unspecified atom stereocenters. The Bertz CT molecular complexity index is 294. The van der Waals surface area contributed by atoms with Gasteiger partial charge in [-0.2, -0.15) is 0 Å². The maximum Gasteiger partial charge on any atom is 0.237 e. The van der Waals surface area contributed by atoms with E-state index in [1.165, 1.54) is 32.1 Å². The summed E-state index contributed by atoms with van der Waals surface area (Å²) in [7, 11) is 0. The molecule has 1 amide bonds. The zero-order chi connectivity index (χ0) is 13.8. The number of likely N-dealkylation sites (N-methyl/N-ethyl adjacent to an activating group) is 1. The Kier molecular flexibility index (Phi) is 5.22. The van der Waals surface area contributed by atoms with Crippen LogP contribution < -0.4 is 10.6 Å². The lowest BCUT2D eigenvalue weighted by Gasteiger charge is -2.42. The number of hydrogen-bond donors (Lipinski definition) is 2. The van der Waals surface area contributed by atoms with Gasteiger partial charge in [-0.3, -0.25) is 9.69 Å². The second kappa shape index (κ2) is 6.71. The molecular weight excluding hydrogens is 238 g/mol. The molecule has 2 aliphatic heterocycles. The zero-order valence-corrected chi connectivity index (χ0v) is 12.6. The number of piperidine rings is 1. The molecule has 2 rings (SSSR count). The first-order valence-corrected chi connectivity index (χ1v) is 7.95. The molecule has 0 aromatic rings. The largest absolute Gasteiger partial charge is 0.355 e. The van der Waals surface area contributed by atoms with Crippen molar-refractivity contribution in [3.63, 3.8) is 0 Å². The molecule has 4 heteroatoms. The van der Waals surface area contributed by atoms with Gasteiger partial charge in [-0.1, -0.05) is 6.92 Å². The zero-order valence-electron chi connectivity index (χ0n) is 12.6. The minimum atomic E-state index is 0.0320. The third-order valence-corrected chi connectivity index (χ3v) is 4.65. The summed E-state index contributed by atoms with van der Waals surface area (Å²) in [6.07, 6.45) is 6.14. The lowest BCUT2D eigenvalue weighted by Crippen LogP contribution is -2.56.